The zero-order chi connectivity index (χ0) is 20.8. The predicted molar refractivity (Wildman–Crippen MR) is 116 cm³/mol. The number of phenols is 1. The van der Waals surface area contributed by atoms with Crippen molar-refractivity contribution in [3.8, 4) is 17.0 Å². The molecule has 0 atom stereocenters. The van der Waals surface area contributed by atoms with E-state index in [0.29, 0.717) is 24.3 Å². The summed E-state index contributed by atoms with van der Waals surface area (Å²) in [4.78, 5) is 31.5. The van der Waals surface area contributed by atoms with Gasteiger partial charge in [-0.15, -0.1) is 0 Å². The molecule has 0 fully saturated rings. The van der Waals surface area contributed by atoms with Crippen molar-refractivity contribution in [3.63, 3.8) is 0 Å². The zero-order valence-electron chi connectivity index (χ0n) is 17.1. The third kappa shape index (κ3) is 4.50. The summed E-state index contributed by atoms with van der Waals surface area (Å²) in [6.07, 6.45) is 3.69. The van der Waals surface area contributed by atoms with Crippen LogP contribution in [0.1, 0.15) is 49.9 Å². The van der Waals surface area contributed by atoms with Crippen LogP contribution in [0.3, 0.4) is 0 Å². The first-order valence-corrected chi connectivity index (χ1v) is 10.3. The number of Topliss-reactive ketones (excluding diaryl/α,β-unsaturated/α-hetero) is 1. The topological polar surface area (TPSA) is 73.4 Å². The number of rotatable bonds is 9. The van der Waals surface area contributed by atoms with Gasteiger partial charge in [0.2, 0.25) is 0 Å². The molecule has 0 aliphatic rings. The summed E-state index contributed by atoms with van der Waals surface area (Å²) in [5, 5.41) is 10.3. The lowest BCUT2D eigenvalue weighted by Gasteiger charge is -2.21. The molecule has 1 aromatic heterocycles. The number of amides is 1. The predicted octanol–water partition coefficient (Wildman–Crippen LogP) is 5.15. The first kappa shape index (κ1) is 20.6. The van der Waals surface area contributed by atoms with Gasteiger partial charge < -0.3 is 15.0 Å². The summed E-state index contributed by atoms with van der Waals surface area (Å²) in [6, 6.07) is 14.2. The molecule has 2 N–H and O–H groups in total. The number of nitrogens with zero attached hydrogens (tertiary/aromatic N) is 1. The van der Waals surface area contributed by atoms with Crippen molar-refractivity contribution in [2.75, 3.05) is 13.1 Å². The number of phenolic OH excluding ortho intramolecular Hbond substituents is 1. The summed E-state index contributed by atoms with van der Waals surface area (Å²) in [5.41, 5.74) is 2.56. The number of aromatic amines is 1. The molecule has 152 valence electrons. The molecule has 0 aliphatic heterocycles. The first-order chi connectivity index (χ1) is 14.1. The summed E-state index contributed by atoms with van der Waals surface area (Å²) in [5.74, 6) is -0.784. The van der Waals surface area contributed by atoms with Gasteiger partial charge in [0, 0.05) is 24.0 Å². The number of hydrogen-bond donors (Lipinski definition) is 2. The van der Waals surface area contributed by atoms with Gasteiger partial charge in [-0.2, -0.15) is 0 Å². The Bertz CT molecular complexity index is 981. The van der Waals surface area contributed by atoms with E-state index in [-0.39, 0.29) is 5.75 Å². The Kier molecular flexibility index (Phi) is 6.70. The van der Waals surface area contributed by atoms with Crippen LogP contribution in [0.5, 0.6) is 5.75 Å². The molecule has 0 radical (unpaired) electrons. The Hall–Kier alpha value is -3.08. The molecular formula is C24H28N2O3. The average Bonchev–Trinajstić information content (AvgIpc) is 3.13. The number of H-pyrrole nitrogens is 1. The number of ketones is 1. The molecule has 3 aromatic rings. The van der Waals surface area contributed by atoms with E-state index in [1.165, 1.54) is 0 Å². The van der Waals surface area contributed by atoms with Crippen molar-refractivity contribution in [1.82, 2.24) is 9.88 Å². The van der Waals surface area contributed by atoms with Crippen LogP contribution in [0.25, 0.3) is 22.2 Å². The minimum Gasteiger partial charge on any atom is -0.508 e. The lowest BCUT2D eigenvalue weighted by atomic mass is 10.0. The molecule has 1 amide bonds. The van der Waals surface area contributed by atoms with Crippen LogP contribution >= 0.6 is 0 Å². The largest absolute Gasteiger partial charge is 0.508 e. The summed E-state index contributed by atoms with van der Waals surface area (Å²) in [6.45, 7) is 5.34. The highest BCUT2D eigenvalue weighted by atomic mass is 16.3. The smallest absolute Gasteiger partial charge is 0.295 e. The third-order valence-corrected chi connectivity index (χ3v) is 5.13. The molecule has 0 spiro atoms. The molecule has 0 aliphatic carbocycles. The number of fused-ring (bicyclic) bond motifs is 1. The number of unbranched alkanes of at least 4 members (excludes halogenated alkanes) is 2. The van der Waals surface area contributed by atoms with E-state index < -0.39 is 11.7 Å². The Morgan fingerprint density at radius 1 is 0.931 bits per heavy atom. The molecule has 0 unspecified atom stereocenters. The van der Waals surface area contributed by atoms with Crippen LogP contribution in [0.4, 0.5) is 0 Å². The van der Waals surface area contributed by atoms with Crippen LogP contribution in [0.2, 0.25) is 0 Å². The molecule has 29 heavy (non-hydrogen) atoms. The van der Waals surface area contributed by atoms with Gasteiger partial charge in [-0.25, -0.2) is 0 Å². The van der Waals surface area contributed by atoms with Crippen molar-refractivity contribution in [1.29, 1.82) is 0 Å². The second kappa shape index (κ2) is 9.41. The van der Waals surface area contributed by atoms with Gasteiger partial charge in [-0.1, -0.05) is 44.9 Å². The van der Waals surface area contributed by atoms with Gasteiger partial charge in [0.1, 0.15) is 5.75 Å². The van der Waals surface area contributed by atoms with Crippen molar-refractivity contribution >= 4 is 22.6 Å². The molecule has 5 heteroatoms. The second-order valence-corrected chi connectivity index (χ2v) is 7.30. The van der Waals surface area contributed by atoms with Crippen LogP contribution < -0.4 is 0 Å². The standard InChI is InChI=1S/C24H28N2O3/c1-3-5-15-26(16-6-4-2)24(29)23(28)21-19-9-7-8-10-20(19)25-22(21)17-11-13-18(27)14-12-17/h7-14,25,27H,3-6,15-16H2,1-2H3. The second-order valence-electron chi connectivity index (χ2n) is 7.30. The van der Waals surface area contributed by atoms with Crippen LogP contribution in [-0.4, -0.2) is 39.8 Å². The molecule has 3 rings (SSSR count). The number of hydrogen-bond acceptors (Lipinski definition) is 3. The lowest BCUT2D eigenvalue weighted by molar-refractivity contribution is -0.126. The molecule has 5 nitrogen and oxygen atoms in total. The molecule has 2 aromatic carbocycles. The van der Waals surface area contributed by atoms with Crippen LogP contribution in [-0.2, 0) is 4.79 Å². The zero-order valence-corrected chi connectivity index (χ0v) is 17.1. The first-order valence-electron chi connectivity index (χ1n) is 10.3. The summed E-state index contributed by atoms with van der Waals surface area (Å²) >= 11 is 0. The quantitative estimate of drug-likeness (QED) is 0.391. The van der Waals surface area contributed by atoms with E-state index >= 15 is 0 Å². The molecule has 0 bridgehead atoms. The van der Waals surface area contributed by atoms with E-state index in [0.717, 1.165) is 42.1 Å². The van der Waals surface area contributed by atoms with Gasteiger partial charge in [0.15, 0.2) is 0 Å². The van der Waals surface area contributed by atoms with Gasteiger partial charge in [-0.05, 0) is 48.7 Å². The van der Waals surface area contributed by atoms with Crippen molar-refractivity contribution < 1.29 is 14.7 Å². The Balaban J connectivity index is 2.04. The minimum absolute atomic E-state index is 0.152. The third-order valence-electron chi connectivity index (χ3n) is 5.13. The summed E-state index contributed by atoms with van der Waals surface area (Å²) in [7, 11) is 0. The Labute approximate surface area is 171 Å². The van der Waals surface area contributed by atoms with Crippen LogP contribution in [0, 0.1) is 0 Å². The SMILES string of the molecule is CCCCN(CCCC)C(=O)C(=O)c1c(-c2ccc(O)cc2)[nH]c2ccccc12. The molecular weight excluding hydrogens is 364 g/mol. The average molecular weight is 392 g/mol. The van der Waals surface area contributed by atoms with Gasteiger partial charge in [0.05, 0.1) is 11.3 Å². The highest BCUT2D eigenvalue weighted by Gasteiger charge is 2.28. The maximum Gasteiger partial charge on any atom is 0.295 e. The molecule has 1 heterocycles. The Morgan fingerprint density at radius 3 is 2.17 bits per heavy atom. The van der Waals surface area contributed by atoms with E-state index in [1.54, 1.807) is 29.2 Å². The number of carbonyl (C=O) groups is 2. The number of aromatic hydroxyl groups is 1. The van der Waals surface area contributed by atoms with E-state index in [2.05, 4.69) is 18.8 Å². The highest BCUT2D eigenvalue weighted by Crippen LogP contribution is 2.32. The van der Waals surface area contributed by atoms with Crippen molar-refractivity contribution in [2.45, 2.75) is 39.5 Å². The number of para-hydroxylation sites is 1. The lowest BCUT2D eigenvalue weighted by Crippen LogP contribution is -2.38. The van der Waals surface area contributed by atoms with Crippen molar-refractivity contribution in [2.24, 2.45) is 0 Å². The van der Waals surface area contributed by atoms with Crippen molar-refractivity contribution in [3.05, 3.63) is 54.1 Å². The number of nitrogens with one attached hydrogen (secondary N) is 1. The van der Waals surface area contributed by atoms with E-state index in [1.807, 2.05) is 24.3 Å². The van der Waals surface area contributed by atoms with E-state index in [9.17, 15) is 14.7 Å². The fourth-order valence-corrected chi connectivity index (χ4v) is 3.49. The maximum atomic E-state index is 13.4. The Morgan fingerprint density at radius 2 is 1.55 bits per heavy atom. The van der Waals surface area contributed by atoms with Gasteiger partial charge in [0.25, 0.3) is 11.7 Å². The monoisotopic (exact) mass is 392 g/mol. The molecule has 0 saturated heterocycles. The molecule has 0 saturated carbocycles. The minimum atomic E-state index is -0.488. The normalized spacial score (nSPS) is 11.0. The van der Waals surface area contributed by atoms with Crippen LogP contribution in [0.15, 0.2) is 48.5 Å². The number of benzene rings is 2. The number of aromatic nitrogens is 1. The fourth-order valence-electron chi connectivity index (χ4n) is 3.49. The van der Waals surface area contributed by atoms with E-state index in [4.69, 9.17) is 0 Å². The van der Waals surface area contributed by atoms with Gasteiger partial charge in [-0.3, -0.25) is 9.59 Å². The van der Waals surface area contributed by atoms with Gasteiger partial charge >= 0.3 is 0 Å². The maximum absolute atomic E-state index is 13.4. The fraction of sp³-hybridized carbons (Fsp3) is 0.333. The number of carbonyl (C=O) groups excluding carboxylic acids is 2. The highest BCUT2D eigenvalue weighted by molar-refractivity contribution is 6.46. The summed E-state index contributed by atoms with van der Waals surface area (Å²) < 4.78 is 0.